The average molecular weight is 505 g/mol. The lowest BCUT2D eigenvalue weighted by molar-refractivity contribution is -0.0551. The molecule has 0 aromatic heterocycles. The van der Waals surface area contributed by atoms with Crippen LogP contribution in [-0.2, 0) is 23.8 Å². The fourth-order valence-corrected chi connectivity index (χ4v) is 6.94. The third-order valence-electron chi connectivity index (χ3n) is 7.32. The van der Waals surface area contributed by atoms with Gasteiger partial charge < -0.3 is 9.47 Å². The first-order valence-corrected chi connectivity index (χ1v) is 14.4. The molecule has 35 heavy (non-hydrogen) atoms. The van der Waals surface area contributed by atoms with E-state index in [4.69, 9.17) is 13.7 Å². The molecule has 1 heterocycles. The SMILES string of the molecule is CC(C)c1cc(C(C)C)c(S(=O)(=O)OC2C(C)COCCOCC3(C)C=CC=CC23)c(C(C)C)c1. The lowest BCUT2D eigenvalue weighted by Crippen LogP contribution is -2.45. The van der Waals surface area contributed by atoms with Crippen LogP contribution in [0.4, 0.5) is 0 Å². The Labute approximate surface area is 213 Å². The van der Waals surface area contributed by atoms with E-state index in [1.807, 2.05) is 46.8 Å². The first-order valence-electron chi connectivity index (χ1n) is 13.0. The van der Waals surface area contributed by atoms with Crippen molar-refractivity contribution in [3.8, 4) is 0 Å². The maximum Gasteiger partial charge on any atom is 0.297 e. The van der Waals surface area contributed by atoms with Gasteiger partial charge in [-0.1, -0.05) is 91.8 Å². The van der Waals surface area contributed by atoms with Crippen molar-refractivity contribution >= 4 is 10.1 Å². The molecule has 4 unspecified atom stereocenters. The molecular weight excluding hydrogens is 460 g/mol. The van der Waals surface area contributed by atoms with E-state index in [0.29, 0.717) is 37.2 Å². The van der Waals surface area contributed by atoms with Crippen molar-refractivity contribution in [2.75, 3.05) is 26.4 Å². The minimum absolute atomic E-state index is 0.0422. The molecule has 0 radical (unpaired) electrons. The summed E-state index contributed by atoms with van der Waals surface area (Å²) in [6.07, 6.45) is 7.59. The molecule has 1 saturated heterocycles. The summed E-state index contributed by atoms with van der Waals surface area (Å²) < 4.78 is 46.3. The standard InChI is InChI=1S/C29H44O5S/c1-19(2)23-15-24(20(3)4)28(25(16-23)21(5)6)35(30,31)34-27-22(7)17-32-13-14-33-18-29(8)12-10-9-11-26(27)29/h9-12,15-16,19-22,26-27H,13-14,17-18H2,1-8H3. The molecule has 5 nitrogen and oxygen atoms in total. The highest BCUT2D eigenvalue weighted by atomic mass is 32.2. The van der Waals surface area contributed by atoms with Crippen LogP contribution in [0, 0.1) is 17.3 Å². The molecule has 6 heteroatoms. The van der Waals surface area contributed by atoms with Gasteiger partial charge in [-0.05, 0) is 34.4 Å². The Morgan fingerprint density at radius 3 is 2.11 bits per heavy atom. The number of fused-ring (bicyclic) bond motifs is 1. The molecule has 0 saturated carbocycles. The molecule has 0 N–H and O–H groups in total. The van der Waals surface area contributed by atoms with Gasteiger partial charge >= 0.3 is 0 Å². The summed E-state index contributed by atoms with van der Waals surface area (Å²) in [6, 6.07) is 4.11. The lowest BCUT2D eigenvalue weighted by atomic mass is 9.70. The van der Waals surface area contributed by atoms with Crippen molar-refractivity contribution in [1.82, 2.24) is 0 Å². The van der Waals surface area contributed by atoms with Crippen LogP contribution in [0.3, 0.4) is 0 Å². The summed E-state index contributed by atoms with van der Waals surface area (Å²) in [7, 11) is -4.07. The zero-order chi connectivity index (χ0) is 26.0. The second kappa shape index (κ2) is 11.3. The summed E-state index contributed by atoms with van der Waals surface area (Å²) in [5.41, 5.74) is 2.44. The van der Waals surface area contributed by atoms with Gasteiger partial charge in [0, 0.05) is 17.3 Å². The van der Waals surface area contributed by atoms with E-state index < -0.39 is 16.2 Å². The third-order valence-corrected chi connectivity index (χ3v) is 8.76. The summed E-state index contributed by atoms with van der Waals surface area (Å²) >= 11 is 0. The van der Waals surface area contributed by atoms with E-state index in [0.717, 1.165) is 16.7 Å². The smallest absolute Gasteiger partial charge is 0.297 e. The molecule has 0 bridgehead atoms. The van der Waals surface area contributed by atoms with Gasteiger partial charge in [0.15, 0.2) is 0 Å². The van der Waals surface area contributed by atoms with Gasteiger partial charge in [0.1, 0.15) is 4.90 Å². The van der Waals surface area contributed by atoms with Gasteiger partial charge in [0.25, 0.3) is 10.1 Å². The van der Waals surface area contributed by atoms with E-state index >= 15 is 0 Å². The van der Waals surface area contributed by atoms with Crippen molar-refractivity contribution in [2.24, 2.45) is 17.3 Å². The van der Waals surface area contributed by atoms with Gasteiger partial charge in [0.05, 0.1) is 32.5 Å². The molecule has 196 valence electrons. The summed E-state index contributed by atoms with van der Waals surface area (Å²) in [5, 5.41) is 0. The minimum Gasteiger partial charge on any atom is -0.379 e. The topological polar surface area (TPSA) is 61.8 Å². The monoisotopic (exact) mass is 504 g/mol. The summed E-state index contributed by atoms with van der Waals surface area (Å²) in [5.74, 6) is 0.0984. The zero-order valence-electron chi connectivity index (χ0n) is 22.7. The minimum atomic E-state index is -4.07. The van der Waals surface area contributed by atoms with Crippen LogP contribution in [-0.4, -0.2) is 40.9 Å². The van der Waals surface area contributed by atoms with Crippen LogP contribution < -0.4 is 0 Å². The van der Waals surface area contributed by atoms with E-state index in [9.17, 15) is 8.42 Å². The van der Waals surface area contributed by atoms with E-state index in [1.54, 1.807) is 0 Å². The predicted octanol–water partition coefficient (Wildman–Crippen LogP) is 6.56. The fourth-order valence-electron chi connectivity index (χ4n) is 5.07. The van der Waals surface area contributed by atoms with Crippen molar-refractivity contribution in [1.29, 1.82) is 0 Å². The fraction of sp³-hybridized carbons (Fsp3) is 0.655. The molecule has 3 rings (SSSR count). The van der Waals surface area contributed by atoms with Crippen molar-refractivity contribution in [2.45, 2.75) is 84.1 Å². The molecule has 1 aliphatic carbocycles. The van der Waals surface area contributed by atoms with Crippen LogP contribution in [0.5, 0.6) is 0 Å². The number of rotatable bonds is 6. The number of benzene rings is 1. The van der Waals surface area contributed by atoms with Gasteiger partial charge in [-0.2, -0.15) is 8.42 Å². The normalized spacial score (nSPS) is 28.0. The molecule has 4 atom stereocenters. The van der Waals surface area contributed by atoms with Crippen molar-refractivity contribution in [3.63, 3.8) is 0 Å². The van der Waals surface area contributed by atoms with Crippen LogP contribution in [0.15, 0.2) is 41.3 Å². The summed E-state index contributed by atoms with van der Waals surface area (Å²) in [4.78, 5) is 0.338. The maximum atomic E-state index is 14.2. The Kier molecular flexibility index (Phi) is 9.06. The van der Waals surface area contributed by atoms with E-state index in [2.05, 4.69) is 45.1 Å². The quantitative estimate of drug-likeness (QED) is 0.411. The number of allylic oxidation sites excluding steroid dienone is 2. The molecule has 2 aliphatic rings. The molecule has 1 aromatic carbocycles. The first-order chi connectivity index (χ1) is 16.4. The van der Waals surface area contributed by atoms with Gasteiger partial charge in [0.2, 0.25) is 0 Å². The number of hydrogen-bond donors (Lipinski definition) is 0. The average Bonchev–Trinajstić information content (AvgIpc) is 2.78. The molecule has 1 aromatic rings. The number of hydrogen-bond acceptors (Lipinski definition) is 5. The van der Waals surface area contributed by atoms with Gasteiger partial charge in [-0.25, -0.2) is 0 Å². The molecule has 1 fully saturated rings. The van der Waals surface area contributed by atoms with Gasteiger partial charge in [-0.15, -0.1) is 0 Å². The maximum absolute atomic E-state index is 14.2. The lowest BCUT2D eigenvalue weighted by Gasteiger charge is -2.42. The van der Waals surface area contributed by atoms with Crippen molar-refractivity contribution < 1.29 is 22.1 Å². The van der Waals surface area contributed by atoms with Crippen LogP contribution in [0.1, 0.15) is 89.8 Å². The van der Waals surface area contributed by atoms with Crippen molar-refractivity contribution in [3.05, 3.63) is 53.1 Å². The first kappa shape index (κ1) is 28.1. The van der Waals surface area contributed by atoms with Crippen LogP contribution in [0.2, 0.25) is 0 Å². The number of ether oxygens (including phenoxy) is 2. The second-order valence-corrected chi connectivity index (χ2v) is 12.9. The van der Waals surface area contributed by atoms with Crippen LogP contribution >= 0.6 is 0 Å². The molecular formula is C29H44O5S. The van der Waals surface area contributed by atoms with Gasteiger partial charge in [-0.3, -0.25) is 4.18 Å². The Balaban J connectivity index is 2.13. The zero-order valence-corrected chi connectivity index (χ0v) is 23.5. The Morgan fingerprint density at radius 2 is 1.54 bits per heavy atom. The summed E-state index contributed by atoms with van der Waals surface area (Å²) in [6.45, 7) is 18.5. The molecule has 0 amide bonds. The van der Waals surface area contributed by atoms with Crippen LogP contribution in [0.25, 0.3) is 0 Å². The van der Waals surface area contributed by atoms with E-state index in [-0.39, 0.29) is 29.1 Å². The highest BCUT2D eigenvalue weighted by molar-refractivity contribution is 7.86. The Morgan fingerprint density at radius 1 is 0.943 bits per heavy atom. The molecule has 0 spiro atoms. The largest absolute Gasteiger partial charge is 0.379 e. The predicted molar refractivity (Wildman–Crippen MR) is 141 cm³/mol. The molecule has 1 aliphatic heterocycles. The Bertz CT molecular complexity index is 1010. The third kappa shape index (κ3) is 6.27. The highest BCUT2D eigenvalue weighted by Crippen LogP contribution is 2.42. The second-order valence-electron chi connectivity index (χ2n) is 11.4. The highest BCUT2D eigenvalue weighted by Gasteiger charge is 2.43. The van der Waals surface area contributed by atoms with E-state index in [1.165, 1.54) is 0 Å². The Hall–Kier alpha value is -1.47.